The minimum Gasteiger partial charge on any atom is -0.494 e. The van der Waals surface area contributed by atoms with Crippen LogP contribution >= 0.6 is 0 Å². The Hall–Kier alpha value is -1.02. The fourth-order valence-electron chi connectivity index (χ4n) is 3.29. The normalized spacial score (nSPS) is 30.4. The summed E-state index contributed by atoms with van der Waals surface area (Å²) in [5.41, 5.74) is 8.37. The Morgan fingerprint density at radius 1 is 1.45 bits per heavy atom. The van der Waals surface area contributed by atoms with Crippen molar-refractivity contribution in [3.63, 3.8) is 0 Å². The van der Waals surface area contributed by atoms with Gasteiger partial charge in [-0.05, 0) is 55.1 Å². The summed E-state index contributed by atoms with van der Waals surface area (Å²) in [7, 11) is 0. The van der Waals surface area contributed by atoms with E-state index < -0.39 is 0 Å². The van der Waals surface area contributed by atoms with Crippen molar-refractivity contribution >= 4 is 0 Å². The molecule has 3 unspecified atom stereocenters. The van der Waals surface area contributed by atoms with Gasteiger partial charge in [0, 0.05) is 13.0 Å². The van der Waals surface area contributed by atoms with Gasteiger partial charge in [-0.1, -0.05) is 32.1 Å². The van der Waals surface area contributed by atoms with E-state index in [0.717, 1.165) is 30.8 Å². The zero-order chi connectivity index (χ0) is 14.5. The van der Waals surface area contributed by atoms with Gasteiger partial charge >= 0.3 is 0 Å². The maximum absolute atomic E-state index is 6.10. The van der Waals surface area contributed by atoms with Crippen LogP contribution in [-0.4, -0.2) is 13.2 Å². The molecule has 2 nitrogen and oxygen atoms in total. The number of hydrogen-bond donors (Lipinski definition) is 1. The standard InChI is InChI=1S/C18H29NO/c1-13-8-17(15(3)11-19)10-18(9-13)20-12-16-7-5-4-6-14(16)2/h7,9,13-14,17H,3-6,8,10-12,19H2,1-2H3. The van der Waals surface area contributed by atoms with E-state index in [0.29, 0.717) is 24.3 Å². The molecule has 0 aliphatic heterocycles. The maximum Gasteiger partial charge on any atom is 0.109 e. The molecule has 0 aromatic rings. The van der Waals surface area contributed by atoms with E-state index in [2.05, 4.69) is 32.6 Å². The smallest absolute Gasteiger partial charge is 0.109 e. The lowest BCUT2D eigenvalue weighted by Gasteiger charge is -2.29. The van der Waals surface area contributed by atoms with Crippen LogP contribution in [0.15, 0.2) is 35.6 Å². The molecule has 0 heterocycles. The van der Waals surface area contributed by atoms with E-state index in [1.807, 2.05) is 0 Å². The molecule has 0 aromatic carbocycles. The molecule has 2 heteroatoms. The summed E-state index contributed by atoms with van der Waals surface area (Å²) in [5.74, 6) is 2.87. The van der Waals surface area contributed by atoms with Crippen molar-refractivity contribution in [2.75, 3.05) is 13.2 Å². The number of nitrogens with two attached hydrogens (primary N) is 1. The average Bonchev–Trinajstić information content (AvgIpc) is 2.45. The summed E-state index contributed by atoms with van der Waals surface area (Å²) in [4.78, 5) is 0. The molecule has 0 amide bonds. The van der Waals surface area contributed by atoms with Gasteiger partial charge in [-0.15, -0.1) is 0 Å². The lowest BCUT2D eigenvalue weighted by atomic mass is 9.82. The minimum absolute atomic E-state index is 0.493. The van der Waals surface area contributed by atoms with Crippen LogP contribution in [0.5, 0.6) is 0 Å². The summed E-state index contributed by atoms with van der Waals surface area (Å²) in [5, 5.41) is 0. The zero-order valence-electron chi connectivity index (χ0n) is 13.0. The van der Waals surface area contributed by atoms with Crippen LogP contribution in [0.3, 0.4) is 0 Å². The van der Waals surface area contributed by atoms with E-state index in [-0.39, 0.29) is 0 Å². The highest BCUT2D eigenvalue weighted by atomic mass is 16.5. The van der Waals surface area contributed by atoms with E-state index in [9.17, 15) is 0 Å². The van der Waals surface area contributed by atoms with Crippen molar-refractivity contribution in [1.82, 2.24) is 0 Å². The summed E-state index contributed by atoms with van der Waals surface area (Å²) in [6, 6.07) is 0. The molecule has 0 radical (unpaired) electrons. The molecule has 0 saturated heterocycles. The second-order valence-electron chi connectivity index (χ2n) is 6.51. The lowest BCUT2D eigenvalue weighted by molar-refractivity contribution is 0.193. The van der Waals surface area contributed by atoms with E-state index in [4.69, 9.17) is 10.5 Å². The molecular formula is C18H29NO. The molecule has 0 aromatic heterocycles. The highest BCUT2D eigenvalue weighted by Gasteiger charge is 2.23. The number of ether oxygens (including phenoxy) is 1. The Labute approximate surface area is 123 Å². The molecule has 0 saturated carbocycles. The molecule has 2 N–H and O–H groups in total. The van der Waals surface area contributed by atoms with Crippen LogP contribution < -0.4 is 5.73 Å². The van der Waals surface area contributed by atoms with Gasteiger partial charge in [0.05, 0.1) is 5.76 Å². The maximum atomic E-state index is 6.10. The predicted octanol–water partition coefficient (Wildman–Crippen LogP) is 4.19. The molecule has 2 aliphatic rings. The largest absolute Gasteiger partial charge is 0.494 e. The highest BCUT2D eigenvalue weighted by molar-refractivity contribution is 5.15. The SMILES string of the molecule is C=C(CN)C1CC(OCC2=CCCCC2C)=CC(C)C1. The van der Waals surface area contributed by atoms with Crippen molar-refractivity contribution in [1.29, 1.82) is 0 Å². The van der Waals surface area contributed by atoms with E-state index >= 15 is 0 Å². The van der Waals surface area contributed by atoms with Crippen molar-refractivity contribution < 1.29 is 4.74 Å². The lowest BCUT2D eigenvalue weighted by Crippen LogP contribution is -2.20. The van der Waals surface area contributed by atoms with Gasteiger partial charge in [0.1, 0.15) is 6.61 Å². The Balaban J connectivity index is 1.91. The van der Waals surface area contributed by atoms with Gasteiger partial charge < -0.3 is 10.5 Å². The number of hydrogen-bond acceptors (Lipinski definition) is 2. The predicted molar refractivity (Wildman–Crippen MR) is 85.2 cm³/mol. The zero-order valence-corrected chi connectivity index (χ0v) is 13.0. The van der Waals surface area contributed by atoms with Crippen LogP contribution in [0.2, 0.25) is 0 Å². The van der Waals surface area contributed by atoms with Gasteiger partial charge in [-0.25, -0.2) is 0 Å². The first-order valence-corrected chi connectivity index (χ1v) is 8.00. The third-order valence-electron chi connectivity index (χ3n) is 4.72. The Morgan fingerprint density at radius 2 is 2.25 bits per heavy atom. The molecular weight excluding hydrogens is 246 g/mol. The van der Waals surface area contributed by atoms with Gasteiger partial charge in [-0.2, -0.15) is 0 Å². The van der Waals surface area contributed by atoms with Crippen molar-refractivity contribution in [2.24, 2.45) is 23.5 Å². The Morgan fingerprint density at radius 3 is 2.95 bits per heavy atom. The average molecular weight is 275 g/mol. The van der Waals surface area contributed by atoms with Crippen LogP contribution in [0.25, 0.3) is 0 Å². The Kier molecular flexibility index (Phi) is 5.47. The molecule has 0 bridgehead atoms. The molecule has 20 heavy (non-hydrogen) atoms. The summed E-state index contributed by atoms with van der Waals surface area (Å²) in [6.07, 6.45) is 10.6. The summed E-state index contributed by atoms with van der Waals surface area (Å²) >= 11 is 0. The summed E-state index contributed by atoms with van der Waals surface area (Å²) in [6.45, 7) is 10.0. The minimum atomic E-state index is 0.493. The molecule has 2 aliphatic carbocycles. The van der Waals surface area contributed by atoms with Crippen molar-refractivity contribution in [3.8, 4) is 0 Å². The summed E-state index contributed by atoms with van der Waals surface area (Å²) < 4.78 is 6.10. The number of rotatable bonds is 5. The van der Waals surface area contributed by atoms with Gasteiger partial charge in [0.15, 0.2) is 0 Å². The van der Waals surface area contributed by atoms with E-state index in [1.54, 1.807) is 0 Å². The Bertz CT molecular complexity index is 408. The number of allylic oxidation sites excluding steroid dienone is 3. The molecule has 0 fully saturated rings. The first-order chi connectivity index (χ1) is 9.60. The van der Waals surface area contributed by atoms with Crippen LogP contribution in [0.4, 0.5) is 0 Å². The van der Waals surface area contributed by atoms with Crippen LogP contribution in [0.1, 0.15) is 46.0 Å². The monoisotopic (exact) mass is 275 g/mol. The first-order valence-electron chi connectivity index (χ1n) is 8.00. The van der Waals surface area contributed by atoms with Gasteiger partial charge in [0.2, 0.25) is 0 Å². The van der Waals surface area contributed by atoms with Crippen LogP contribution in [0, 0.1) is 17.8 Å². The van der Waals surface area contributed by atoms with Crippen LogP contribution in [-0.2, 0) is 4.74 Å². The second-order valence-corrected chi connectivity index (χ2v) is 6.51. The molecule has 0 spiro atoms. The molecule has 2 rings (SSSR count). The third-order valence-corrected chi connectivity index (χ3v) is 4.72. The third kappa shape index (κ3) is 3.99. The highest BCUT2D eigenvalue weighted by Crippen LogP contribution is 2.33. The first kappa shape index (κ1) is 15.4. The van der Waals surface area contributed by atoms with E-state index in [1.165, 1.54) is 24.8 Å². The fraction of sp³-hybridized carbons (Fsp3) is 0.667. The quantitative estimate of drug-likeness (QED) is 0.763. The van der Waals surface area contributed by atoms with Crippen molar-refractivity contribution in [3.05, 3.63) is 35.6 Å². The second kappa shape index (κ2) is 7.12. The molecule has 3 atom stereocenters. The fourth-order valence-corrected chi connectivity index (χ4v) is 3.29. The van der Waals surface area contributed by atoms with Gasteiger partial charge in [0.25, 0.3) is 0 Å². The van der Waals surface area contributed by atoms with Crippen molar-refractivity contribution in [2.45, 2.75) is 46.0 Å². The topological polar surface area (TPSA) is 35.2 Å². The van der Waals surface area contributed by atoms with Gasteiger partial charge in [-0.3, -0.25) is 0 Å². The molecule has 112 valence electrons.